The lowest BCUT2D eigenvalue weighted by Crippen LogP contribution is -2.32. The summed E-state index contributed by atoms with van der Waals surface area (Å²) in [6.07, 6.45) is 2.55. The van der Waals surface area contributed by atoms with Crippen LogP contribution in [0.4, 0.5) is 0 Å². The van der Waals surface area contributed by atoms with Gasteiger partial charge in [-0.15, -0.1) is 23.1 Å². The van der Waals surface area contributed by atoms with E-state index < -0.39 is 0 Å². The molecule has 0 radical (unpaired) electrons. The van der Waals surface area contributed by atoms with Gasteiger partial charge in [0.1, 0.15) is 16.2 Å². The number of hydrogen-bond acceptors (Lipinski definition) is 6. The number of thioether (sulfide) groups is 1. The molecule has 0 fully saturated rings. The van der Waals surface area contributed by atoms with E-state index in [9.17, 15) is 0 Å². The van der Waals surface area contributed by atoms with Gasteiger partial charge in [-0.1, -0.05) is 44.2 Å². The molecule has 3 aromatic heterocycles. The van der Waals surface area contributed by atoms with Crippen LogP contribution in [0.1, 0.15) is 38.8 Å². The SMILES string of the molecule is CC(C)Sc1ncnc2c1sc1nc(-c3ccccc3)c3c(c12)CC(C)(C)OC3. The minimum atomic E-state index is -0.202. The Hall–Kier alpha value is -2.02. The van der Waals surface area contributed by atoms with Crippen LogP contribution in [-0.2, 0) is 17.8 Å². The maximum absolute atomic E-state index is 6.19. The van der Waals surface area contributed by atoms with Crippen molar-refractivity contribution in [3.05, 3.63) is 47.8 Å². The lowest BCUT2D eigenvalue weighted by molar-refractivity contribution is -0.0394. The Morgan fingerprint density at radius 1 is 1.10 bits per heavy atom. The third-order valence-electron chi connectivity index (χ3n) is 5.19. The first kappa shape index (κ1) is 19.0. The molecule has 0 saturated heterocycles. The van der Waals surface area contributed by atoms with Crippen LogP contribution in [0, 0.1) is 0 Å². The van der Waals surface area contributed by atoms with E-state index in [-0.39, 0.29) is 5.60 Å². The largest absolute Gasteiger partial charge is 0.370 e. The second kappa shape index (κ2) is 7.04. The standard InChI is InChI=1S/C23H23N3OS2/c1-13(2)28-22-20-19(24-12-25-22)17-15-10-23(3,4)27-11-16(15)18(26-21(17)29-20)14-8-6-5-7-9-14/h5-9,12-13H,10-11H2,1-4H3. The Bertz CT molecular complexity index is 1220. The van der Waals surface area contributed by atoms with E-state index in [0.29, 0.717) is 11.9 Å². The molecular formula is C23H23N3OS2. The average Bonchev–Trinajstić information content (AvgIpc) is 3.07. The summed E-state index contributed by atoms with van der Waals surface area (Å²) in [6.45, 7) is 9.28. The van der Waals surface area contributed by atoms with Gasteiger partial charge in [-0.25, -0.2) is 15.0 Å². The molecule has 4 nitrogen and oxygen atoms in total. The molecule has 6 heteroatoms. The number of thiophene rings is 1. The quantitative estimate of drug-likeness (QED) is 0.289. The average molecular weight is 422 g/mol. The van der Waals surface area contributed by atoms with Crippen molar-refractivity contribution in [1.82, 2.24) is 15.0 Å². The molecule has 148 valence electrons. The Kier molecular flexibility index (Phi) is 4.61. The fraction of sp³-hybridized carbons (Fsp3) is 0.348. The van der Waals surface area contributed by atoms with E-state index in [1.54, 1.807) is 29.4 Å². The maximum atomic E-state index is 6.19. The monoisotopic (exact) mass is 421 g/mol. The van der Waals surface area contributed by atoms with Crippen molar-refractivity contribution in [3.63, 3.8) is 0 Å². The predicted octanol–water partition coefficient (Wildman–Crippen LogP) is 6.26. The molecule has 1 aliphatic rings. The highest BCUT2D eigenvalue weighted by Gasteiger charge is 2.32. The molecule has 0 spiro atoms. The first-order chi connectivity index (χ1) is 13.9. The highest BCUT2D eigenvalue weighted by atomic mass is 32.2. The van der Waals surface area contributed by atoms with Crippen LogP contribution in [0.3, 0.4) is 0 Å². The molecule has 0 bridgehead atoms. The van der Waals surface area contributed by atoms with E-state index >= 15 is 0 Å². The van der Waals surface area contributed by atoms with Gasteiger partial charge in [-0.05, 0) is 19.4 Å². The van der Waals surface area contributed by atoms with Crippen LogP contribution < -0.4 is 0 Å². The number of nitrogens with zero attached hydrogens (tertiary/aromatic N) is 3. The maximum Gasteiger partial charge on any atom is 0.127 e. The van der Waals surface area contributed by atoms with Crippen LogP contribution >= 0.6 is 23.1 Å². The molecule has 0 unspecified atom stereocenters. The summed E-state index contributed by atoms with van der Waals surface area (Å²) < 4.78 is 7.34. The van der Waals surface area contributed by atoms with E-state index in [2.05, 4.69) is 56.9 Å². The minimum Gasteiger partial charge on any atom is -0.370 e. The fourth-order valence-electron chi connectivity index (χ4n) is 3.93. The smallest absolute Gasteiger partial charge is 0.127 e. The van der Waals surface area contributed by atoms with Crippen molar-refractivity contribution in [2.75, 3.05) is 0 Å². The zero-order chi connectivity index (χ0) is 20.2. The number of pyridine rings is 1. The summed E-state index contributed by atoms with van der Waals surface area (Å²) in [5.41, 5.74) is 5.51. The molecule has 0 amide bonds. The van der Waals surface area contributed by atoms with Gasteiger partial charge < -0.3 is 4.74 Å². The van der Waals surface area contributed by atoms with E-state index in [1.165, 1.54) is 16.5 Å². The summed E-state index contributed by atoms with van der Waals surface area (Å²) in [4.78, 5) is 15.4. The van der Waals surface area contributed by atoms with Gasteiger partial charge in [-0.3, -0.25) is 0 Å². The zero-order valence-electron chi connectivity index (χ0n) is 17.0. The van der Waals surface area contributed by atoms with Gasteiger partial charge in [0.25, 0.3) is 0 Å². The van der Waals surface area contributed by atoms with Gasteiger partial charge in [-0.2, -0.15) is 0 Å². The number of rotatable bonds is 3. The molecule has 0 N–H and O–H groups in total. The third-order valence-corrected chi connectivity index (χ3v) is 7.40. The summed E-state index contributed by atoms with van der Waals surface area (Å²) >= 11 is 3.50. The van der Waals surface area contributed by atoms with Gasteiger partial charge in [0.05, 0.1) is 28.1 Å². The Morgan fingerprint density at radius 3 is 2.66 bits per heavy atom. The normalized spacial score (nSPS) is 15.9. The Morgan fingerprint density at radius 2 is 1.90 bits per heavy atom. The summed E-state index contributed by atoms with van der Waals surface area (Å²) in [6, 6.07) is 10.4. The molecule has 0 aliphatic carbocycles. The topological polar surface area (TPSA) is 47.9 Å². The van der Waals surface area contributed by atoms with Crippen molar-refractivity contribution in [1.29, 1.82) is 0 Å². The molecule has 5 rings (SSSR count). The highest BCUT2D eigenvalue weighted by Crippen LogP contribution is 2.44. The lowest BCUT2D eigenvalue weighted by atomic mass is 9.88. The molecule has 29 heavy (non-hydrogen) atoms. The number of benzene rings is 1. The first-order valence-corrected chi connectivity index (χ1v) is 11.6. The molecular weight excluding hydrogens is 398 g/mol. The number of fused-ring (bicyclic) bond motifs is 5. The first-order valence-electron chi connectivity index (χ1n) is 9.88. The molecule has 4 heterocycles. The van der Waals surface area contributed by atoms with Crippen molar-refractivity contribution in [3.8, 4) is 11.3 Å². The molecule has 1 aliphatic heterocycles. The molecule has 0 atom stereocenters. The van der Waals surface area contributed by atoms with E-state index in [4.69, 9.17) is 14.7 Å². The number of ether oxygens (including phenoxy) is 1. The second-order valence-corrected chi connectivity index (χ2v) is 10.9. The van der Waals surface area contributed by atoms with Crippen molar-refractivity contribution >= 4 is 43.5 Å². The second-order valence-electron chi connectivity index (χ2n) is 8.31. The van der Waals surface area contributed by atoms with Gasteiger partial charge in [0, 0.05) is 28.2 Å². The van der Waals surface area contributed by atoms with Crippen LogP contribution in [0.25, 0.3) is 31.7 Å². The van der Waals surface area contributed by atoms with Crippen LogP contribution in [0.5, 0.6) is 0 Å². The van der Waals surface area contributed by atoms with Crippen molar-refractivity contribution < 1.29 is 4.74 Å². The number of hydrogen-bond donors (Lipinski definition) is 0. The van der Waals surface area contributed by atoms with Crippen LogP contribution in [-0.4, -0.2) is 25.8 Å². The number of aromatic nitrogens is 3. The van der Waals surface area contributed by atoms with Crippen LogP contribution in [0.15, 0.2) is 41.7 Å². The van der Waals surface area contributed by atoms with Gasteiger partial charge >= 0.3 is 0 Å². The van der Waals surface area contributed by atoms with Gasteiger partial charge in [0.15, 0.2) is 0 Å². The zero-order valence-corrected chi connectivity index (χ0v) is 18.7. The Balaban J connectivity index is 1.85. The lowest BCUT2D eigenvalue weighted by Gasteiger charge is -2.33. The predicted molar refractivity (Wildman–Crippen MR) is 122 cm³/mol. The van der Waals surface area contributed by atoms with E-state index in [0.717, 1.165) is 37.8 Å². The Labute approximate surface area is 178 Å². The molecule has 1 aromatic carbocycles. The van der Waals surface area contributed by atoms with Crippen molar-refractivity contribution in [2.24, 2.45) is 0 Å². The van der Waals surface area contributed by atoms with Gasteiger partial charge in [0.2, 0.25) is 0 Å². The van der Waals surface area contributed by atoms with Crippen molar-refractivity contribution in [2.45, 2.75) is 56.6 Å². The molecule has 0 saturated carbocycles. The fourth-order valence-corrected chi connectivity index (χ4v) is 6.00. The minimum absolute atomic E-state index is 0.202. The van der Waals surface area contributed by atoms with E-state index in [1.807, 2.05) is 6.07 Å². The highest BCUT2D eigenvalue weighted by molar-refractivity contribution is 8.00. The summed E-state index contributed by atoms with van der Waals surface area (Å²) in [5, 5.41) is 2.70. The third kappa shape index (κ3) is 3.33. The van der Waals surface area contributed by atoms with Crippen LogP contribution in [0.2, 0.25) is 0 Å². The summed E-state index contributed by atoms with van der Waals surface area (Å²) in [5.74, 6) is 0. The molecule has 4 aromatic rings. The summed E-state index contributed by atoms with van der Waals surface area (Å²) in [7, 11) is 0.